The van der Waals surface area contributed by atoms with Crippen molar-refractivity contribution in [2.45, 2.75) is 20.3 Å². The van der Waals surface area contributed by atoms with Crippen LogP contribution >= 0.6 is 0 Å². The number of hydrogen-bond acceptors (Lipinski definition) is 6. The van der Waals surface area contributed by atoms with Crippen molar-refractivity contribution in [3.05, 3.63) is 71.4 Å². The first-order valence-electron chi connectivity index (χ1n) is 9.38. The molecule has 0 aliphatic rings. The molecule has 0 aliphatic carbocycles. The zero-order chi connectivity index (χ0) is 20.8. The molecule has 7 nitrogen and oxygen atoms in total. The number of aromatic nitrogens is 3. The molecule has 150 valence electrons. The molecule has 0 bridgehead atoms. The number of rotatable bonds is 7. The number of anilines is 2. The van der Waals surface area contributed by atoms with Gasteiger partial charge in [0.1, 0.15) is 23.1 Å². The second-order valence-corrected chi connectivity index (χ2v) is 6.84. The molecule has 1 amide bonds. The van der Waals surface area contributed by atoms with E-state index < -0.39 is 0 Å². The molecule has 0 spiro atoms. The first kappa shape index (κ1) is 20.3. The Bertz CT molecular complexity index is 992. The number of methoxy groups -OCH3 is 1. The van der Waals surface area contributed by atoms with Crippen LogP contribution in [0.3, 0.4) is 0 Å². The number of pyridine rings is 1. The molecular weight excluding hydrogens is 366 g/mol. The van der Waals surface area contributed by atoms with Crippen LogP contribution in [0.5, 0.6) is 5.75 Å². The summed E-state index contributed by atoms with van der Waals surface area (Å²) < 4.78 is 5.34. The Balaban J connectivity index is 1.76. The van der Waals surface area contributed by atoms with Gasteiger partial charge in [-0.2, -0.15) is 0 Å². The first-order valence-corrected chi connectivity index (χ1v) is 9.38. The SMILES string of the molecule is COc1ccc(C)cc1NC(=O)c1cc(N(C)CCc2ccncc2)nc(C)n1. The van der Waals surface area contributed by atoms with Crippen molar-refractivity contribution in [3.8, 4) is 5.75 Å². The summed E-state index contributed by atoms with van der Waals surface area (Å²) in [6.45, 7) is 4.50. The predicted octanol–water partition coefficient (Wildman–Crippen LogP) is 3.43. The van der Waals surface area contributed by atoms with Gasteiger partial charge >= 0.3 is 0 Å². The smallest absolute Gasteiger partial charge is 0.274 e. The Morgan fingerprint density at radius 2 is 1.86 bits per heavy atom. The van der Waals surface area contributed by atoms with Gasteiger partial charge in [-0.15, -0.1) is 0 Å². The lowest BCUT2D eigenvalue weighted by Crippen LogP contribution is -2.23. The Labute approximate surface area is 170 Å². The van der Waals surface area contributed by atoms with Crippen molar-refractivity contribution in [2.75, 3.05) is 30.9 Å². The van der Waals surface area contributed by atoms with Gasteiger partial charge in [0.05, 0.1) is 12.8 Å². The third-order valence-corrected chi connectivity index (χ3v) is 4.54. The quantitative estimate of drug-likeness (QED) is 0.665. The molecule has 0 saturated heterocycles. The molecule has 0 radical (unpaired) electrons. The fourth-order valence-electron chi connectivity index (χ4n) is 2.93. The van der Waals surface area contributed by atoms with Crippen LogP contribution in [0.2, 0.25) is 0 Å². The summed E-state index contributed by atoms with van der Waals surface area (Å²) in [4.78, 5) is 27.7. The van der Waals surface area contributed by atoms with Gasteiger partial charge in [-0.3, -0.25) is 9.78 Å². The van der Waals surface area contributed by atoms with Crippen LogP contribution < -0.4 is 15.0 Å². The molecule has 3 rings (SSSR count). The molecule has 0 saturated carbocycles. The van der Waals surface area contributed by atoms with E-state index in [1.165, 1.54) is 5.56 Å². The minimum absolute atomic E-state index is 0.303. The van der Waals surface area contributed by atoms with Crippen molar-refractivity contribution >= 4 is 17.4 Å². The summed E-state index contributed by atoms with van der Waals surface area (Å²) in [6.07, 6.45) is 4.42. The largest absolute Gasteiger partial charge is 0.495 e. The molecule has 0 fully saturated rings. The molecular formula is C22H25N5O2. The summed E-state index contributed by atoms with van der Waals surface area (Å²) in [5.74, 6) is 1.54. The minimum Gasteiger partial charge on any atom is -0.495 e. The molecule has 0 atom stereocenters. The van der Waals surface area contributed by atoms with E-state index in [2.05, 4.69) is 20.3 Å². The highest BCUT2D eigenvalue weighted by Gasteiger charge is 2.15. The zero-order valence-electron chi connectivity index (χ0n) is 17.1. The molecule has 1 aromatic carbocycles. The third-order valence-electron chi connectivity index (χ3n) is 4.54. The number of aryl methyl sites for hydroxylation is 2. The molecule has 0 unspecified atom stereocenters. The van der Waals surface area contributed by atoms with Crippen molar-refractivity contribution < 1.29 is 9.53 Å². The number of nitrogens with one attached hydrogen (secondary N) is 1. The Morgan fingerprint density at radius 1 is 1.10 bits per heavy atom. The van der Waals surface area contributed by atoms with Crippen molar-refractivity contribution in [1.29, 1.82) is 0 Å². The predicted molar refractivity (Wildman–Crippen MR) is 114 cm³/mol. The van der Waals surface area contributed by atoms with Crippen molar-refractivity contribution in [3.63, 3.8) is 0 Å². The van der Waals surface area contributed by atoms with Gasteiger partial charge in [-0.1, -0.05) is 6.07 Å². The van der Waals surface area contributed by atoms with E-state index in [0.717, 1.165) is 18.5 Å². The summed E-state index contributed by atoms with van der Waals surface area (Å²) in [7, 11) is 3.53. The van der Waals surface area contributed by atoms with E-state index in [0.29, 0.717) is 28.8 Å². The Kier molecular flexibility index (Phi) is 6.39. The van der Waals surface area contributed by atoms with Gasteiger partial charge in [0.25, 0.3) is 5.91 Å². The lowest BCUT2D eigenvalue weighted by Gasteiger charge is -2.19. The van der Waals surface area contributed by atoms with E-state index in [1.54, 1.807) is 32.5 Å². The van der Waals surface area contributed by atoms with Crippen LogP contribution in [0.1, 0.15) is 27.4 Å². The number of amides is 1. The lowest BCUT2D eigenvalue weighted by molar-refractivity contribution is 0.102. The fourth-order valence-corrected chi connectivity index (χ4v) is 2.93. The topological polar surface area (TPSA) is 80.2 Å². The Morgan fingerprint density at radius 3 is 2.59 bits per heavy atom. The van der Waals surface area contributed by atoms with Crippen LogP contribution in [-0.2, 0) is 6.42 Å². The number of hydrogen-bond donors (Lipinski definition) is 1. The van der Waals surface area contributed by atoms with Crippen LogP contribution in [0.15, 0.2) is 48.8 Å². The molecule has 3 aromatic rings. The molecule has 29 heavy (non-hydrogen) atoms. The van der Waals surface area contributed by atoms with Gasteiger partial charge in [0, 0.05) is 32.1 Å². The van der Waals surface area contributed by atoms with E-state index in [4.69, 9.17) is 4.74 Å². The average Bonchev–Trinajstić information content (AvgIpc) is 2.72. The monoisotopic (exact) mass is 391 g/mol. The molecule has 2 aromatic heterocycles. The van der Waals surface area contributed by atoms with Crippen molar-refractivity contribution in [1.82, 2.24) is 15.0 Å². The fraction of sp³-hybridized carbons (Fsp3) is 0.273. The van der Waals surface area contributed by atoms with Gasteiger partial charge in [-0.25, -0.2) is 9.97 Å². The van der Waals surface area contributed by atoms with E-state index in [-0.39, 0.29) is 5.91 Å². The maximum atomic E-state index is 12.8. The molecule has 2 heterocycles. The first-order chi connectivity index (χ1) is 14.0. The lowest BCUT2D eigenvalue weighted by atomic mass is 10.2. The van der Waals surface area contributed by atoms with Crippen LogP contribution in [0.25, 0.3) is 0 Å². The summed E-state index contributed by atoms with van der Waals surface area (Å²) in [5, 5.41) is 2.89. The summed E-state index contributed by atoms with van der Waals surface area (Å²) in [6, 6.07) is 11.3. The number of carbonyl (C=O) groups excluding carboxylic acids is 1. The van der Waals surface area contributed by atoms with Crippen LogP contribution in [-0.4, -0.2) is 41.6 Å². The van der Waals surface area contributed by atoms with Crippen LogP contribution in [0.4, 0.5) is 11.5 Å². The summed E-state index contributed by atoms with van der Waals surface area (Å²) in [5.41, 5.74) is 3.15. The molecule has 7 heteroatoms. The van der Waals surface area contributed by atoms with E-state index in [1.807, 2.05) is 49.2 Å². The highest BCUT2D eigenvalue weighted by atomic mass is 16.5. The second-order valence-electron chi connectivity index (χ2n) is 6.84. The number of likely N-dealkylation sites (N-methyl/N-ethyl adjacent to an activating group) is 1. The number of benzene rings is 1. The number of nitrogens with zero attached hydrogens (tertiary/aromatic N) is 4. The van der Waals surface area contributed by atoms with Crippen molar-refractivity contribution in [2.24, 2.45) is 0 Å². The maximum absolute atomic E-state index is 12.8. The zero-order valence-corrected chi connectivity index (χ0v) is 17.1. The highest BCUT2D eigenvalue weighted by Crippen LogP contribution is 2.26. The highest BCUT2D eigenvalue weighted by molar-refractivity contribution is 6.04. The minimum atomic E-state index is -0.303. The molecule has 1 N–H and O–H groups in total. The van der Waals surface area contributed by atoms with Gasteiger partial charge in [0.15, 0.2) is 0 Å². The number of carbonyl (C=O) groups is 1. The van der Waals surface area contributed by atoms with Gasteiger partial charge in [0.2, 0.25) is 0 Å². The summed E-state index contributed by atoms with van der Waals surface area (Å²) >= 11 is 0. The van der Waals surface area contributed by atoms with E-state index >= 15 is 0 Å². The second kappa shape index (κ2) is 9.14. The Hall–Kier alpha value is -3.48. The normalized spacial score (nSPS) is 10.5. The maximum Gasteiger partial charge on any atom is 0.274 e. The standard InChI is InChI=1S/C22H25N5O2/c1-15-5-6-20(29-4)18(13-15)26-22(28)19-14-21(25-16(2)24-19)27(3)12-9-17-7-10-23-11-8-17/h5-8,10-11,13-14H,9,12H2,1-4H3,(H,26,28). The van der Waals surface area contributed by atoms with Gasteiger partial charge in [-0.05, 0) is 55.7 Å². The van der Waals surface area contributed by atoms with Crippen LogP contribution in [0, 0.1) is 13.8 Å². The third kappa shape index (κ3) is 5.28. The molecule has 0 aliphatic heterocycles. The van der Waals surface area contributed by atoms with Gasteiger partial charge < -0.3 is 15.0 Å². The van der Waals surface area contributed by atoms with E-state index in [9.17, 15) is 4.79 Å². The average molecular weight is 391 g/mol. The number of ether oxygens (including phenoxy) is 1.